The van der Waals surface area contributed by atoms with Gasteiger partial charge in [0.2, 0.25) is 5.95 Å². The van der Waals surface area contributed by atoms with E-state index in [1.807, 2.05) is 30.3 Å². The predicted molar refractivity (Wildman–Crippen MR) is 106 cm³/mol. The Morgan fingerprint density at radius 2 is 2.00 bits per heavy atom. The van der Waals surface area contributed by atoms with Crippen LogP contribution in [-0.4, -0.2) is 24.7 Å². The van der Waals surface area contributed by atoms with E-state index in [1.165, 1.54) is 10.7 Å². The minimum atomic E-state index is -0.502. The molecule has 0 amide bonds. The average Bonchev–Trinajstić information content (AvgIpc) is 2.73. The van der Waals surface area contributed by atoms with Gasteiger partial charge in [-0.1, -0.05) is 24.3 Å². The first kappa shape index (κ1) is 17.6. The van der Waals surface area contributed by atoms with Gasteiger partial charge in [0.1, 0.15) is 0 Å². The van der Waals surface area contributed by atoms with Gasteiger partial charge in [0.15, 0.2) is 0 Å². The van der Waals surface area contributed by atoms with E-state index in [0.717, 1.165) is 10.9 Å². The Balaban J connectivity index is 1.65. The van der Waals surface area contributed by atoms with Gasteiger partial charge in [-0.25, -0.2) is 9.67 Å². The van der Waals surface area contributed by atoms with Gasteiger partial charge in [-0.3, -0.25) is 19.6 Å². The lowest BCUT2D eigenvalue weighted by atomic mass is 10.2. The molecule has 0 aliphatic rings. The molecule has 3 aromatic heterocycles. The molecule has 0 fully saturated rings. The molecular formula is C20H18N6O2. The second-order valence-corrected chi connectivity index (χ2v) is 6.39. The third-order valence-corrected chi connectivity index (χ3v) is 4.46. The van der Waals surface area contributed by atoms with Gasteiger partial charge in [-0.2, -0.15) is 5.10 Å². The number of fused-ring (bicyclic) bond motifs is 1. The smallest absolute Gasteiger partial charge is 0.275 e. The van der Waals surface area contributed by atoms with Gasteiger partial charge in [-0.05, 0) is 24.6 Å². The Morgan fingerprint density at radius 1 is 1.14 bits per heavy atom. The summed E-state index contributed by atoms with van der Waals surface area (Å²) in [6.07, 6.45) is 5.07. The Hall–Kier alpha value is -3.81. The van der Waals surface area contributed by atoms with Crippen LogP contribution in [-0.2, 0) is 6.54 Å². The topological polar surface area (TPSA) is 106 Å². The SMILES string of the molecule is CC(c1cc(=O)[nH]c(NCc2cccnc2)n1)n1ncc2ccccc2c1=O. The van der Waals surface area contributed by atoms with Crippen LogP contribution in [0.25, 0.3) is 10.8 Å². The zero-order valence-electron chi connectivity index (χ0n) is 15.2. The predicted octanol–water partition coefficient (Wildman–Crippen LogP) is 2.10. The largest absolute Gasteiger partial charge is 0.352 e. The zero-order valence-corrected chi connectivity index (χ0v) is 15.2. The van der Waals surface area contributed by atoms with Crippen LogP contribution in [0.5, 0.6) is 0 Å². The highest BCUT2D eigenvalue weighted by molar-refractivity contribution is 5.80. The molecule has 2 N–H and O–H groups in total. The molecule has 1 atom stereocenters. The minimum Gasteiger partial charge on any atom is -0.352 e. The number of rotatable bonds is 5. The van der Waals surface area contributed by atoms with Crippen LogP contribution in [0.3, 0.4) is 0 Å². The molecule has 4 rings (SSSR count). The van der Waals surface area contributed by atoms with E-state index in [1.54, 1.807) is 31.6 Å². The molecule has 8 heteroatoms. The molecule has 0 radical (unpaired) electrons. The first-order valence-corrected chi connectivity index (χ1v) is 8.82. The molecule has 1 unspecified atom stereocenters. The molecule has 4 aromatic rings. The van der Waals surface area contributed by atoms with E-state index >= 15 is 0 Å². The van der Waals surface area contributed by atoms with Crippen molar-refractivity contribution in [2.24, 2.45) is 0 Å². The summed E-state index contributed by atoms with van der Waals surface area (Å²) in [4.78, 5) is 36.1. The van der Waals surface area contributed by atoms with E-state index in [2.05, 4.69) is 25.4 Å². The molecule has 140 valence electrons. The lowest BCUT2D eigenvalue weighted by molar-refractivity contribution is 0.524. The maximum absolute atomic E-state index is 12.8. The molecule has 28 heavy (non-hydrogen) atoms. The van der Waals surface area contributed by atoms with Gasteiger partial charge in [-0.15, -0.1) is 0 Å². The third-order valence-electron chi connectivity index (χ3n) is 4.46. The van der Waals surface area contributed by atoms with Crippen LogP contribution in [0.2, 0.25) is 0 Å². The van der Waals surface area contributed by atoms with Crippen LogP contribution >= 0.6 is 0 Å². The molecule has 0 aliphatic heterocycles. The van der Waals surface area contributed by atoms with E-state index < -0.39 is 6.04 Å². The highest BCUT2D eigenvalue weighted by Gasteiger charge is 2.15. The molecule has 0 bridgehead atoms. The summed E-state index contributed by atoms with van der Waals surface area (Å²) in [6, 6.07) is 11.9. The maximum atomic E-state index is 12.8. The van der Waals surface area contributed by atoms with Crippen molar-refractivity contribution in [2.45, 2.75) is 19.5 Å². The lowest BCUT2D eigenvalue weighted by Gasteiger charge is -2.15. The fourth-order valence-electron chi connectivity index (χ4n) is 2.97. The van der Waals surface area contributed by atoms with Crippen molar-refractivity contribution in [3.63, 3.8) is 0 Å². The summed E-state index contributed by atoms with van der Waals surface area (Å²) in [5, 5.41) is 8.68. The molecule has 3 heterocycles. The number of hydrogen-bond donors (Lipinski definition) is 2. The van der Waals surface area contributed by atoms with E-state index in [-0.39, 0.29) is 11.1 Å². The summed E-state index contributed by atoms with van der Waals surface area (Å²) in [5.74, 6) is 0.326. The maximum Gasteiger partial charge on any atom is 0.275 e. The van der Waals surface area contributed by atoms with Crippen LogP contribution in [0.4, 0.5) is 5.95 Å². The number of anilines is 1. The Morgan fingerprint density at radius 3 is 2.82 bits per heavy atom. The summed E-state index contributed by atoms with van der Waals surface area (Å²) in [6.45, 7) is 2.25. The number of aromatic amines is 1. The third kappa shape index (κ3) is 3.52. The fraction of sp³-hybridized carbons (Fsp3) is 0.150. The number of hydrogen-bond acceptors (Lipinski definition) is 6. The van der Waals surface area contributed by atoms with Gasteiger partial charge >= 0.3 is 0 Å². The highest BCUT2D eigenvalue weighted by Crippen LogP contribution is 2.15. The van der Waals surface area contributed by atoms with Crippen LogP contribution < -0.4 is 16.4 Å². The number of benzene rings is 1. The highest BCUT2D eigenvalue weighted by atomic mass is 16.1. The average molecular weight is 374 g/mol. The van der Waals surface area contributed by atoms with Crippen molar-refractivity contribution >= 4 is 16.7 Å². The molecule has 0 saturated carbocycles. The molecule has 0 spiro atoms. The van der Waals surface area contributed by atoms with Gasteiger partial charge in [0.05, 0.1) is 23.3 Å². The molecular weight excluding hydrogens is 356 g/mol. The second kappa shape index (κ2) is 7.43. The van der Waals surface area contributed by atoms with Crippen molar-refractivity contribution in [1.82, 2.24) is 24.7 Å². The Bertz CT molecular complexity index is 1230. The Labute approximate surface area is 159 Å². The molecule has 0 saturated heterocycles. The van der Waals surface area contributed by atoms with E-state index in [9.17, 15) is 9.59 Å². The van der Waals surface area contributed by atoms with Crippen LogP contribution in [0.15, 0.2) is 70.6 Å². The minimum absolute atomic E-state index is 0.224. The summed E-state index contributed by atoms with van der Waals surface area (Å²) in [7, 11) is 0. The van der Waals surface area contributed by atoms with Crippen LogP contribution in [0.1, 0.15) is 24.2 Å². The monoisotopic (exact) mass is 374 g/mol. The number of nitrogens with one attached hydrogen (secondary N) is 2. The standard InChI is InChI=1S/C20H18N6O2/c1-13(26-19(28)16-7-3-2-6-15(16)12-23-26)17-9-18(27)25-20(24-17)22-11-14-5-4-8-21-10-14/h2-10,12-13H,11H2,1H3,(H2,22,24,25,27). The van der Waals surface area contributed by atoms with Crippen molar-refractivity contribution in [3.05, 3.63) is 93.0 Å². The number of pyridine rings is 1. The first-order chi connectivity index (χ1) is 13.6. The summed E-state index contributed by atoms with van der Waals surface area (Å²) < 4.78 is 1.34. The normalized spacial score (nSPS) is 12.0. The number of aromatic nitrogens is 5. The van der Waals surface area contributed by atoms with Crippen molar-refractivity contribution < 1.29 is 0 Å². The number of H-pyrrole nitrogens is 1. The van der Waals surface area contributed by atoms with E-state index in [0.29, 0.717) is 23.6 Å². The van der Waals surface area contributed by atoms with Crippen molar-refractivity contribution in [1.29, 1.82) is 0 Å². The van der Waals surface area contributed by atoms with Gasteiger partial charge in [0, 0.05) is 30.4 Å². The molecule has 1 aromatic carbocycles. The fourth-order valence-corrected chi connectivity index (χ4v) is 2.97. The molecule has 0 aliphatic carbocycles. The van der Waals surface area contributed by atoms with Gasteiger partial charge < -0.3 is 5.32 Å². The Kier molecular flexibility index (Phi) is 4.67. The van der Waals surface area contributed by atoms with E-state index in [4.69, 9.17) is 0 Å². The number of nitrogens with zero attached hydrogens (tertiary/aromatic N) is 4. The molecule has 8 nitrogen and oxygen atoms in total. The first-order valence-electron chi connectivity index (χ1n) is 8.82. The van der Waals surface area contributed by atoms with Crippen molar-refractivity contribution in [2.75, 3.05) is 5.32 Å². The lowest BCUT2D eigenvalue weighted by Crippen LogP contribution is -2.28. The quantitative estimate of drug-likeness (QED) is 0.554. The summed E-state index contributed by atoms with van der Waals surface area (Å²) >= 11 is 0. The summed E-state index contributed by atoms with van der Waals surface area (Å²) in [5.41, 5.74) is 0.871. The second-order valence-electron chi connectivity index (χ2n) is 6.39. The van der Waals surface area contributed by atoms with Gasteiger partial charge in [0.25, 0.3) is 11.1 Å². The van der Waals surface area contributed by atoms with Crippen LogP contribution in [0, 0.1) is 0 Å². The van der Waals surface area contributed by atoms with Crippen molar-refractivity contribution in [3.8, 4) is 0 Å². The zero-order chi connectivity index (χ0) is 19.5.